The van der Waals surface area contributed by atoms with Crippen molar-refractivity contribution in [2.45, 2.75) is 34.1 Å². The maximum Gasteiger partial charge on any atom is 0.308 e. The molecule has 0 aromatic heterocycles. The Hall–Kier alpha value is -0.570. The van der Waals surface area contributed by atoms with Gasteiger partial charge in [0.1, 0.15) is 13.2 Å². The molecule has 1 atom stereocenters. The van der Waals surface area contributed by atoms with Crippen LogP contribution >= 0.6 is 0 Å². The minimum atomic E-state index is -0.0511. The predicted molar refractivity (Wildman–Crippen MR) is 67.1 cm³/mol. The molecule has 1 unspecified atom stereocenters. The molecule has 3 nitrogen and oxygen atoms in total. The molecular formula is C13H28NO2+. The number of ether oxygens (including phenoxy) is 1. The van der Waals surface area contributed by atoms with E-state index in [-0.39, 0.29) is 11.9 Å². The van der Waals surface area contributed by atoms with Crippen molar-refractivity contribution >= 4 is 5.97 Å². The van der Waals surface area contributed by atoms with Crippen molar-refractivity contribution in [3.05, 3.63) is 0 Å². The Labute approximate surface area is 100 Å². The third-order valence-electron chi connectivity index (χ3n) is 3.02. The number of carbonyl (C=O) groups is 1. The van der Waals surface area contributed by atoms with E-state index in [1.54, 1.807) is 0 Å². The van der Waals surface area contributed by atoms with E-state index in [2.05, 4.69) is 34.9 Å². The molecule has 0 aromatic carbocycles. The van der Waals surface area contributed by atoms with E-state index >= 15 is 0 Å². The quantitative estimate of drug-likeness (QED) is 0.495. The monoisotopic (exact) mass is 230 g/mol. The van der Waals surface area contributed by atoms with E-state index in [1.807, 2.05) is 6.92 Å². The van der Waals surface area contributed by atoms with Crippen molar-refractivity contribution < 1.29 is 14.0 Å². The smallest absolute Gasteiger partial charge is 0.308 e. The first-order valence-corrected chi connectivity index (χ1v) is 6.27. The average molecular weight is 230 g/mol. The fraction of sp³-hybridized carbons (Fsp3) is 0.923. The van der Waals surface area contributed by atoms with E-state index in [0.29, 0.717) is 12.5 Å². The van der Waals surface area contributed by atoms with Gasteiger partial charge in [-0.2, -0.15) is 0 Å². The van der Waals surface area contributed by atoms with Crippen LogP contribution in [0, 0.1) is 11.8 Å². The molecule has 0 saturated heterocycles. The van der Waals surface area contributed by atoms with Crippen LogP contribution in [0.5, 0.6) is 0 Å². The minimum absolute atomic E-state index is 0.0252. The molecule has 0 amide bonds. The highest BCUT2D eigenvalue weighted by atomic mass is 16.5. The van der Waals surface area contributed by atoms with E-state index in [4.69, 9.17) is 4.74 Å². The van der Waals surface area contributed by atoms with Gasteiger partial charge in [0.25, 0.3) is 0 Å². The predicted octanol–water partition coefficient (Wildman–Crippen LogP) is 2.31. The summed E-state index contributed by atoms with van der Waals surface area (Å²) in [5.74, 6) is 0.521. The Morgan fingerprint density at radius 3 is 2.25 bits per heavy atom. The summed E-state index contributed by atoms with van der Waals surface area (Å²) in [7, 11) is 4.29. The molecule has 0 aliphatic rings. The Balaban J connectivity index is 3.81. The van der Waals surface area contributed by atoms with Crippen LogP contribution in [0.25, 0.3) is 0 Å². The number of rotatable bonds is 7. The third-order valence-corrected chi connectivity index (χ3v) is 3.02. The normalized spacial score (nSPS) is 13.9. The van der Waals surface area contributed by atoms with Crippen LogP contribution in [0.1, 0.15) is 34.1 Å². The molecule has 0 N–H and O–H groups in total. The van der Waals surface area contributed by atoms with Gasteiger partial charge in [-0.15, -0.1) is 0 Å². The van der Waals surface area contributed by atoms with Gasteiger partial charge in [-0.1, -0.05) is 20.8 Å². The maximum absolute atomic E-state index is 11.6. The summed E-state index contributed by atoms with van der Waals surface area (Å²) in [4.78, 5) is 11.6. The topological polar surface area (TPSA) is 26.3 Å². The van der Waals surface area contributed by atoms with Crippen LogP contribution < -0.4 is 0 Å². The molecule has 0 fully saturated rings. The molecular weight excluding hydrogens is 202 g/mol. The molecule has 0 heterocycles. The largest absolute Gasteiger partial charge is 0.459 e. The lowest BCUT2D eigenvalue weighted by Crippen LogP contribution is -2.42. The Bertz CT molecular complexity index is 212. The van der Waals surface area contributed by atoms with Crippen LogP contribution in [-0.2, 0) is 9.53 Å². The lowest BCUT2D eigenvalue weighted by molar-refractivity contribution is -0.888. The molecule has 0 rings (SSSR count). The average Bonchev–Trinajstić information content (AvgIpc) is 2.16. The van der Waals surface area contributed by atoms with Gasteiger partial charge in [0.2, 0.25) is 0 Å². The Morgan fingerprint density at radius 2 is 1.81 bits per heavy atom. The number of nitrogens with zero attached hydrogens (tertiary/aromatic N) is 1. The van der Waals surface area contributed by atoms with E-state index < -0.39 is 0 Å². The van der Waals surface area contributed by atoms with Crippen LogP contribution in [0.3, 0.4) is 0 Å². The lowest BCUT2D eigenvalue weighted by atomic mass is 9.99. The minimum Gasteiger partial charge on any atom is -0.459 e. The summed E-state index contributed by atoms with van der Waals surface area (Å²) in [6.07, 6.45) is 0.908. The fourth-order valence-corrected chi connectivity index (χ4v) is 1.50. The van der Waals surface area contributed by atoms with Crippen molar-refractivity contribution in [3.8, 4) is 0 Å². The number of esters is 1. The zero-order valence-corrected chi connectivity index (χ0v) is 11.7. The van der Waals surface area contributed by atoms with E-state index in [9.17, 15) is 4.79 Å². The number of hydrogen-bond acceptors (Lipinski definition) is 2. The van der Waals surface area contributed by atoms with Gasteiger partial charge < -0.3 is 9.22 Å². The summed E-state index contributed by atoms with van der Waals surface area (Å²) in [5, 5.41) is 0. The molecule has 0 aromatic rings. The third kappa shape index (κ3) is 6.83. The van der Waals surface area contributed by atoms with E-state index in [1.165, 1.54) is 0 Å². The van der Waals surface area contributed by atoms with Crippen molar-refractivity contribution in [3.63, 3.8) is 0 Å². The van der Waals surface area contributed by atoms with Gasteiger partial charge in [0, 0.05) is 0 Å². The number of likely N-dealkylation sites (N-methyl/N-ethyl adjacent to an activating group) is 1. The van der Waals surface area contributed by atoms with Gasteiger partial charge in [-0.05, 0) is 19.3 Å². The van der Waals surface area contributed by atoms with Crippen LogP contribution in [0.4, 0.5) is 0 Å². The van der Waals surface area contributed by atoms with Gasteiger partial charge in [0.15, 0.2) is 0 Å². The second kappa shape index (κ2) is 6.89. The molecule has 0 bridgehead atoms. The summed E-state index contributed by atoms with van der Waals surface area (Å²) in [5.41, 5.74) is 0. The van der Waals surface area contributed by atoms with Gasteiger partial charge in [0.05, 0.1) is 26.6 Å². The van der Waals surface area contributed by atoms with Gasteiger partial charge in [-0.25, -0.2) is 0 Å². The first-order chi connectivity index (χ1) is 7.28. The van der Waals surface area contributed by atoms with E-state index in [0.717, 1.165) is 24.0 Å². The second-order valence-corrected chi connectivity index (χ2v) is 5.67. The SMILES string of the molecule is CC[N+](C)(C)CCOC(=O)C(C)CC(C)C. The molecule has 3 heteroatoms. The summed E-state index contributed by atoms with van der Waals surface area (Å²) < 4.78 is 6.18. The van der Waals surface area contributed by atoms with Crippen molar-refractivity contribution in [1.29, 1.82) is 0 Å². The van der Waals surface area contributed by atoms with Crippen molar-refractivity contribution in [2.24, 2.45) is 11.8 Å². The molecule has 0 aliphatic carbocycles. The summed E-state index contributed by atoms with van der Waals surface area (Å²) in [6, 6.07) is 0. The van der Waals surface area contributed by atoms with Crippen molar-refractivity contribution in [2.75, 3.05) is 33.8 Å². The number of quaternary nitrogens is 1. The summed E-state index contributed by atoms with van der Waals surface area (Å²) >= 11 is 0. The number of carbonyl (C=O) groups excluding carboxylic acids is 1. The Kier molecular flexibility index (Phi) is 6.65. The molecule has 96 valence electrons. The van der Waals surface area contributed by atoms with Crippen LogP contribution in [-0.4, -0.2) is 44.2 Å². The van der Waals surface area contributed by atoms with Gasteiger partial charge >= 0.3 is 5.97 Å². The number of hydrogen-bond donors (Lipinski definition) is 0. The molecule has 0 radical (unpaired) electrons. The zero-order chi connectivity index (χ0) is 12.8. The Morgan fingerprint density at radius 1 is 1.25 bits per heavy atom. The first-order valence-electron chi connectivity index (χ1n) is 6.27. The zero-order valence-electron chi connectivity index (χ0n) is 11.7. The molecule has 0 spiro atoms. The summed E-state index contributed by atoms with van der Waals surface area (Å²) in [6.45, 7) is 10.8. The molecule has 16 heavy (non-hydrogen) atoms. The first kappa shape index (κ1) is 15.4. The highest BCUT2D eigenvalue weighted by Gasteiger charge is 2.18. The standard InChI is InChI=1S/C13H28NO2/c1-7-14(5,6)8-9-16-13(15)12(4)10-11(2)3/h11-12H,7-10H2,1-6H3/q+1. The van der Waals surface area contributed by atoms with Crippen molar-refractivity contribution in [1.82, 2.24) is 0 Å². The highest BCUT2D eigenvalue weighted by Crippen LogP contribution is 2.12. The second-order valence-electron chi connectivity index (χ2n) is 5.67. The molecule has 0 saturated carbocycles. The maximum atomic E-state index is 11.6. The van der Waals surface area contributed by atoms with Crippen LogP contribution in [0.15, 0.2) is 0 Å². The lowest BCUT2D eigenvalue weighted by Gasteiger charge is -2.27. The fourth-order valence-electron chi connectivity index (χ4n) is 1.50. The molecule has 0 aliphatic heterocycles. The van der Waals surface area contributed by atoms with Crippen LogP contribution in [0.2, 0.25) is 0 Å². The highest BCUT2D eigenvalue weighted by molar-refractivity contribution is 5.71. The van der Waals surface area contributed by atoms with Gasteiger partial charge in [-0.3, -0.25) is 4.79 Å².